The molecule has 22 heavy (non-hydrogen) atoms. The Bertz CT molecular complexity index is 416. The molecule has 0 heterocycles. The Balaban J connectivity index is 2.74. The van der Waals surface area contributed by atoms with Crippen LogP contribution in [0.25, 0.3) is 0 Å². The van der Waals surface area contributed by atoms with E-state index in [9.17, 15) is 5.11 Å². The third-order valence-corrected chi connectivity index (χ3v) is 4.97. The van der Waals surface area contributed by atoms with Crippen LogP contribution in [-0.4, -0.2) is 24.2 Å². The van der Waals surface area contributed by atoms with Gasteiger partial charge in [-0.25, -0.2) is 0 Å². The van der Waals surface area contributed by atoms with E-state index in [1.807, 2.05) is 18.7 Å². The van der Waals surface area contributed by atoms with E-state index in [-0.39, 0.29) is 0 Å². The predicted molar refractivity (Wildman–Crippen MR) is 103 cm³/mol. The molecule has 0 saturated carbocycles. The molecular weight excluding hydrogens is 287 g/mol. The molecule has 0 aliphatic carbocycles. The molecule has 0 unspecified atom stereocenters. The number of thioether (sulfide) groups is 1. The number of unbranched alkanes of at least 4 members (excludes halogenated alkanes) is 3. The summed E-state index contributed by atoms with van der Waals surface area (Å²) >= 11 is 1.93. The molecular formula is C19H31BOS. The zero-order valence-corrected chi connectivity index (χ0v) is 15.2. The monoisotopic (exact) mass is 318 g/mol. The van der Waals surface area contributed by atoms with Crippen LogP contribution in [0.2, 0.25) is 6.32 Å². The minimum atomic E-state index is 0.554. The molecule has 0 spiro atoms. The summed E-state index contributed by atoms with van der Waals surface area (Å²) < 4.78 is 0. The zero-order chi connectivity index (χ0) is 16.2. The van der Waals surface area contributed by atoms with Gasteiger partial charge in [0.15, 0.2) is 0 Å². The van der Waals surface area contributed by atoms with E-state index < -0.39 is 0 Å². The number of phenols is 1. The van der Waals surface area contributed by atoms with E-state index in [0.717, 1.165) is 48.9 Å². The van der Waals surface area contributed by atoms with Crippen molar-refractivity contribution in [3.8, 4) is 5.75 Å². The molecule has 1 nitrogen and oxygen atoms in total. The number of benzene rings is 1. The molecule has 0 atom stereocenters. The Labute approximate surface area is 141 Å². The fourth-order valence-electron chi connectivity index (χ4n) is 2.51. The van der Waals surface area contributed by atoms with Gasteiger partial charge in [-0.3, -0.25) is 0 Å². The van der Waals surface area contributed by atoms with E-state index in [4.69, 9.17) is 0 Å². The van der Waals surface area contributed by atoms with Crippen molar-refractivity contribution in [3.63, 3.8) is 0 Å². The summed E-state index contributed by atoms with van der Waals surface area (Å²) in [5, 5.41) is 10.5. The quantitative estimate of drug-likeness (QED) is 0.312. The van der Waals surface area contributed by atoms with Crippen molar-refractivity contribution in [1.82, 2.24) is 0 Å². The van der Waals surface area contributed by atoms with Crippen molar-refractivity contribution >= 4 is 25.2 Å². The summed E-state index contributed by atoms with van der Waals surface area (Å²) in [6, 6.07) is 4.41. The molecule has 0 aliphatic heterocycles. The molecule has 0 saturated heterocycles. The average Bonchev–Trinajstić information content (AvgIpc) is 2.53. The number of phenolic OH excluding ortho intramolecular Hbond substituents is 1. The second-order valence-corrected chi connectivity index (χ2v) is 7.10. The van der Waals surface area contributed by atoms with Gasteiger partial charge in [-0.2, -0.15) is 0 Å². The van der Waals surface area contributed by atoms with Crippen LogP contribution in [0.5, 0.6) is 5.75 Å². The number of rotatable bonds is 12. The molecule has 0 amide bonds. The van der Waals surface area contributed by atoms with Gasteiger partial charge in [0.2, 0.25) is 0 Å². The fraction of sp³-hybridized carbons (Fsp3) is 0.632. The van der Waals surface area contributed by atoms with E-state index in [2.05, 4.69) is 32.4 Å². The first-order valence-electron chi connectivity index (χ1n) is 8.81. The first-order chi connectivity index (χ1) is 10.7. The Morgan fingerprint density at radius 2 is 1.59 bits per heavy atom. The molecule has 0 radical (unpaired) electrons. The maximum absolute atomic E-state index is 10.5. The van der Waals surface area contributed by atoms with Crippen LogP contribution < -0.4 is 0 Å². The molecule has 0 aliphatic rings. The van der Waals surface area contributed by atoms with Crippen molar-refractivity contribution < 1.29 is 5.11 Å². The van der Waals surface area contributed by atoms with Crippen molar-refractivity contribution in [2.24, 2.45) is 0 Å². The Kier molecular flexibility index (Phi) is 10.4. The van der Waals surface area contributed by atoms with Gasteiger partial charge < -0.3 is 0 Å². The van der Waals surface area contributed by atoms with Gasteiger partial charge in [0.25, 0.3) is 0 Å². The van der Waals surface area contributed by atoms with E-state index in [1.165, 1.54) is 30.6 Å². The summed E-state index contributed by atoms with van der Waals surface area (Å²) in [4.78, 5) is 1.33. The van der Waals surface area contributed by atoms with Crippen LogP contribution >= 0.6 is 11.8 Å². The SMILES string of the molecule is C=BCCCCSc1cc(CCCC)c(O)c(CCCC)c1. The second-order valence-electron chi connectivity index (χ2n) is 5.93. The molecule has 0 bridgehead atoms. The molecule has 1 rings (SSSR count). The van der Waals surface area contributed by atoms with Crippen LogP contribution in [0.3, 0.4) is 0 Å². The van der Waals surface area contributed by atoms with E-state index >= 15 is 0 Å². The van der Waals surface area contributed by atoms with Crippen molar-refractivity contribution in [3.05, 3.63) is 23.3 Å². The number of hydrogen-bond acceptors (Lipinski definition) is 2. The Hall–Kier alpha value is -0.695. The molecule has 1 N–H and O–H groups in total. The van der Waals surface area contributed by atoms with Crippen LogP contribution in [0, 0.1) is 0 Å². The van der Waals surface area contributed by atoms with Crippen molar-refractivity contribution in [2.45, 2.75) is 76.4 Å². The van der Waals surface area contributed by atoms with Gasteiger partial charge in [0, 0.05) is 0 Å². The Morgan fingerprint density at radius 3 is 2.09 bits per heavy atom. The maximum atomic E-state index is 10.5. The third-order valence-electron chi connectivity index (χ3n) is 3.91. The first kappa shape index (κ1) is 19.4. The first-order valence-corrected chi connectivity index (χ1v) is 9.79. The van der Waals surface area contributed by atoms with Crippen LogP contribution in [-0.2, 0) is 12.8 Å². The van der Waals surface area contributed by atoms with Gasteiger partial charge in [-0.1, -0.05) is 0 Å². The summed E-state index contributed by atoms with van der Waals surface area (Å²) in [7, 11) is 0. The summed E-state index contributed by atoms with van der Waals surface area (Å²) in [6.07, 6.45) is 10.2. The van der Waals surface area contributed by atoms with Gasteiger partial charge in [-0.15, -0.1) is 0 Å². The van der Waals surface area contributed by atoms with Gasteiger partial charge in [-0.05, 0) is 0 Å². The standard InChI is InChI=1S/C19H31BOS/c1-4-6-10-16-14-18(22-13-9-8-12-20-3)15-17(19(16)21)11-7-5-2/h14-15,21H,3-13H2,1-2H3. The summed E-state index contributed by atoms with van der Waals surface area (Å²) in [5.41, 5.74) is 2.29. The summed E-state index contributed by atoms with van der Waals surface area (Å²) in [5.74, 6) is 1.71. The van der Waals surface area contributed by atoms with E-state index in [1.54, 1.807) is 0 Å². The molecule has 122 valence electrons. The third kappa shape index (κ3) is 7.04. The van der Waals surface area contributed by atoms with Gasteiger partial charge in [0.1, 0.15) is 0 Å². The van der Waals surface area contributed by atoms with E-state index in [0.29, 0.717) is 5.75 Å². The van der Waals surface area contributed by atoms with Crippen molar-refractivity contribution in [1.29, 1.82) is 0 Å². The minimum absolute atomic E-state index is 0.554. The predicted octanol–water partition coefficient (Wildman–Crippen LogP) is 5.50. The molecule has 0 fully saturated rings. The van der Waals surface area contributed by atoms with Crippen LogP contribution in [0.1, 0.15) is 63.5 Å². The topological polar surface area (TPSA) is 20.2 Å². The van der Waals surface area contributed by atoms with Gasteiger partial charge >= 0.3 is 141 Å². The zero-order valence-electron chi connectivity index (χ0n) is 14.4. The number of hydrogen-bond donors (Lipinski definition) is 1. The number of aromatic hydroxyl groups is 1. The van der Waals surface area contributed by atoms with Crippen LogP contribution in [0.4, 0.5) is 0 Å². The molecule has 0 aromatic heterocycles. The average molecular weight is 318 g/mol. The fourth-order valence-corrected chi connectivity index (χ4v) is 3.54. The molecule has 3 heteroatoms. The number of aryl methyl sites for hydroxylation is 2. The second kappa shape index (κ2) is 11.8. The molecule has 1 aromatic carbocycles. The molecule has 1 aromatic rings. The van der Waals surface area contributed by atoms with Gasteiger partial charge in [0.05, 0.1) is 0 Å². The normalized spacial score (nSPS) is 10.6. The Morgan fingerprint density at radius 1 is 1.00 bits per heavy atom. The van der Waals surface area contributed by atoms with Crippen molar-refractivity contribution in [2.75, 3.05) is 5.75 Å². The van der Waals surface area contributed by atoms with Crippen LogP contribution in [0.15, 0.2) is 17.0 Å². The summed E-state index contributed by atoms with van der Waals surface area (Å²) in [6.45, 7) is 10.2.